The first-order valence-corrected chi connectivity index (χ1v) is 6.44. The molecule has 0 unspecified atom stereocenters. The highest BCUT2D eigenvalue weighted by Gasteiger charge is 2.12. The minimum atomic E-state index is -0.343. The summed E-state index contributed by atoms with van der Waals surface area (Å²) in [6.45, 7) is 2.69. The van der Waals surface area contributed by atoms with Crippen molar-refractivity contribution in [2.75, 3.05) is 18.8 Å². The molecule has 0 aliphatic heterocycles. The fraction of sp³-hybridized carbons (Fsp3) is 0.286. The molecule has 20 heavy (non-hydrogen) atoms. The van der Waals surface area contributed by atoms with Gasteiger partial charge in [-0.3, -0.25) is 9.59 Å². The topological polar surface area (TPSA) is 97.4 Å². The summed E-state index contributed by atoms with van der Waals surface area (Å²) in [6, 6.07) is 6.80. The molecule has 2 amide bonds. The molecule has 2 aromatic rings. The Morgan fingerprint density at radius 1 is 1.25 bits per heavy atom. The molecule has 0 aliphatic rings. The van der Waals surface area contributed by atoms with Crippen LogP contribution in [0.25, 0.3) is 11.0 Å². The van der Waals surface area contributed by atoms with Crippen LogP contribution in [0.4, 0.5) is 5.69 Å². The Morgan fingerprint density at radius 3 is 2.80 bits per heavy atom. The average Bonchev–Trinajstić information content (AvgIpc) is 2.82. The maximum absolute atomic E-state index is 11.9. The number of furan rings is 1. The maximum Gasteiger partial charge on any atom is 0.287 e. The number of hydrogen-bond donors (Lipinski definition) is 3. The SMILES string of the molecule is CCNC(=O)CCNC(=O)c1cc2cc(N)ccc2o1. The molecule has 4 N–H and O–H groups in total. The van der Waals surface area contributed by atoms with Crippen molar-refractivity contribution in [1.29, 1.82) is 0 Å². The lowest BCUT2D eigenvalue weighted by molar-refractivity contribution is -0.120. The van der Waals surface area contributed by atoms with E-state index in [1.165, 1.54) is 0 Å². The van der Waals surface area contributed by atoms with E-state index >= 15 is 0 Å². The molecule has 1 aromatic carbocycles. The Bertz CT molecular complexity index is 634. The summed E-state index contributed by atoms with van der Waals surface area (Å²) in [5.74, 6) is -0.226. The normalized spacial score (nSPS) is 10.4. The summed E-state index contributed by atoms with van der Waals surface area (Å²) in [6.07, 6.45) is 0.243. The van der Waals surface area contributed by atoms with Gasteiger partial charge in [-0.15, -0.1) is 0 Å². The van der Waals surface area contributed by atoms with E-state index in [-0.39, 0.29) is 30.5 Å². The van der Waals surface area contributed by atoms with Crippen LogP contribution in [0.5, 0.6) is 0 Å². The number of rotatable bonds is 5. The zero-order chi connectivity index (χ0) is 14.5. The largest absolute Gasteiger partial charge is 0.451 e. The monoisotopic (exact) mass is 275 g/mol. The number of benzene rings is 1. The van der Waals surface area contributed by atoms with Gasteiger partial charge in [0.15, 0.2) is 5.76 Å². The van der Waals surface area contributed by atoms with Crippen molar-refractivity contribution in [3.8, 4) is 0 Å². The lowest BCUT2D eigenvalue weighted by Gasteiger charge is -2.03. The van der Waals surface area contributed by atoms with Gasteiger partial charge in [0.05, 0.1) is 0 Å². The van der Waals surface area contributed by atoms with E-state index in [4.69, 9.17) is 10.2 Å². The first-order chi connectivity index (χ1) is 9.60. The van der Waals surface area contributed by atoms with Gasteiger partial charge in [-0.05, 0) is 31.2 Å². The van der Waals surface area contributed by atoms with E-state index in [1.807, 2.05) is 6.92 Å². The van der Waals surface area contributed by atoms with Crippen LogP contribution < -0.4 is 16.4 Å². The third-order valence-electron chi connectivity index (χ3n) is 2.78. The van der Waals surface area contributed by atoms with E-state index in [2.05, 4.69) is 10.6 Å². The Morgan fingerprint density at radius 2 is 2.05 bits per heavy atom. The highest BCUT2D eigenvalue weighted by atomic mass is 16.3. The molecule has 0 aliphatic carbocycles. The van der Waals surface area contributed by atoms with Gasteiger partial charge < -0.3 is 20.8 Å². The summed E-state index contributed by atoms with van der Waals surface area (Å²) >= 11 is 0. The van der Waals surface area contributed by atoms with E-state index in [1.54, 1.807) is 24.3 Å². The molecule has 0 saturated heterocycles. The Balaban J connectivity index is 1.95. The number of nitrogens with one attached hydrogen (secondary N) is 2. The standard InChI is InChI=1S/C14H17N3O3/c1-2-16-13(18)5-6-17-14(19)12-8-9-7-10(15)3-4-11(9)20-12/h3-4,7-8H,2,5-6,15H2,1H3,(H,16,18)(H,17,19). The van der Waals surface area contributed by atoms with Crippen molar-refractivity contribution in [1.82, 2.24) is 10.6 Å². The van der Waals surface area contributed by atoms with Crippen molar-refractivity contribution >= 4 is 28.5 Å². The number of carbonyl (C=O) groups excluding carboxylic acids is 2. The summed E-state index contributed by atoms with van der Waals surface area (Å²) in [5, 5.41) is 6.07. The number of nitrogen functional groups attached to an aromatic ring is 1. The molecule has 1 heterocycles. The quantitative estimate of drug-likeness (QED) is 0.716. The van der Waals surface area contributed by atoms with Gasteiger partial charge in [-0.2, -0.15) is 0 Å². The zero-order valence-corrected chi connectivity index (χ0v) is 11.2. The maximum atomic E-state index is 11.9. The Kier molecular flexibility index (Phi) is 4.24. The molecule has 0 bridgehead atoms. The van der Waals surface area contributed by atoms with Gasteiger partial charge in [-0.1, -0.05) is 0 Å². The first-order valence-electron chi connectivity index (χ1n) is 6.44. The number of hydrogen-bond acceptors (Lipinski definition) is 4. The van der Waals surface area contributed by atoms with Crippen LogP contribution >= 0.6 is 0 Å². The molecule has 0 spiro atoms. The first kappa shape index (κ1) is 13.9. The van der Waals surface area contributed by atoms with Crippen molar-refractivity contribution in [2.24, 2.45) is 0 Å². The van der Waals surface area contributed by atoms with Crippen LogP contribution in [0.2, 0.25) is 0 Å². The molecule has 6 heteroatoms. The number of anilines is 1. The third-order valence-corrected chi connectivity index (χ3v) is 2.78. The predicted molar refractivity (Wildman–Crippen MR) is 76.3 cm³/mol. The van der Waals surface area contributed by atoms with Crippen LogP contribution in [-0.4, -0.2) is 24.9 Å². The molecule has 2 rings (SSSR count). The van der Waals surface area contributed by atoms with Crippen LogP contribution in [-0.2, 0) is 4.79 Å². The van der Waals surface area contributed by atoms with E-state index in [0.717, 1.165) is 5.39 Å². The fourth-order valence-electron chi connectivity index (χ4n) is 1.84. The number of fused-ring (bicyclic) bond motifs is 1. The summed E-state index contributed by atoms with van der Waals surface area (Å²) in [5.41, 5.74) is 6.88. The van der Waals surface area contributed by atoms with Crippen LogP contribution in [0, 0.1) is 0 Å². The van der Waals surface area contributed by atoms with Crippen LogP contribution in [0.3, 0.4) is 0 Å². The second kappa shape index (κ2) is 6.10. The molecule has 106 valence electrons. The second-order valence-corrected chi connectivity index (χ2v) is 4.37. The highest BCUT2D eigenvalue weighted by Crippen LogP contribution is 2.21. The Hall–Kier alpha value is -2.50. The van der Waals surface area contributed by atoms with Crippen molar-refractivity contribution in [3.05, 3.63) is 30.0 Å². The molecule has 0 atom stereocenters. The summed E-state index contributed by atoms with van der Waals surface area (Å²) < 4.78 is 5.42. The van der Waals surface area contributed by atoms with Crippen molar-refractivity contribution in [3.63, 3.8) is 0 Å². The molecule has 1 aromatic heterocycles. The average molecular weight is 275 g/mol. The number of carbonyl (C=O) groups is 2. The van der Waals surface area contributed by atoms with Gasteiger partial charge in [-0.25, -0.2) is 0 Å². The smallest absolute Gasteiger partial charge is 0.287 e. The van der Waals surface area contributed by atoms with Gasteiger partial charge in [0.1, 0.15) is 5.58 Å². The van der Waals surface area contributed by atoms with Crippen LogP contribution in [0.15, 0.2) is 28.7 Å². The molecular weight excluding hydrogens is 258 g/mol. The molecular formula is C14H17N3O3. The third kappa shape index (κ3) is 3.28. The minimum Gasteiger partial charge on any atom is -0.451 e. The number of nitrogens with two attached hydrogens (primary N) is 1. The summed E-state index contributed by atoms with van der Waals surface area (Å²) in [7, 11) is 0. The fourth-order valence-corrected chi connectivity index (χ4v) is 1.84. The van der Waals surface area contributed by atoms with Crippen molar-refractivity contribution in [2.45, 2.75) is 13.3 Å². The molecule has 0 radical (unpaired) electrons. The van der Waals surface area contributed by atoms with Gasteiger partial charge >= 0.3 is 0 Å². The van der Waals surface area contributed by atoms with Gasteiger partial charge in [0.2, 0.25) is 5.91 Å². The van der Waals surface area contributed by atoms with E-state index in [0.29, 0.717) is 17.8 Å². The predicted octanol–water partition coefficient (Wildman–Crippen LogP) is 1.27. The highest BCUT2D eigenvalue weighted by molar-refractivity contribution is 5.96. The number of amides is 2. The van der Waals surface area contributed by atoms with E-state index < -0.39 is 0 Å². The second-order valence-electron chi connectivity index (χ2n) is 4.37. The zero-order valence-electron chi connectivity index (χ0n) is 11.2. The van der Waals surface area contributed by atoms with Gasteiger partial charge in [0.25, 0.3) is 5.91 Å². The molecule has 6 nitrogen and oxygen atoms in total. The van der Waals surface area contributed by atoms with Crippen LogP contribution in [0.1, 0.15) is 23.9 Å². The van der Waals surface area contributed by atoms with Crippen molar-refractivity contribution < 1.29 is 14.0 Å². The Labute approximate surface area is 116 Å². The minimum absolute atomic E-state index is 0.0924. The van der Waals surface area contributed by atoms with E-state index in [9.17, 15) is 9.59 Å². The van der Waals surface area contributed by atoms with Gasteiger partial charge in [0, 0.05) is 30.6 Å². The molecule has 0 saturated carbocycles. The summed E-state index contributed by atoms with van der Waals surface area (Å²) in [4.78, 5) is 23.1. The lowest BCUT2D eigenvalue weighted by atomic mass is 10.2. The molecule has 0 fully saturated rings. The lowest BCUT2D eigenvalue weighted by Crippen LogP contribution is -2.30.